The van der Waals surface area contributed by atoms with Gasteiger partial charge in [-0.25, -0.2) is 4.39 Å². The predicted molar refractivity (Wildman–Crippen MR) is 125 cm³/mol. The number of nitriles is 1. The monoisotopic (exact) mass is 423 g/mol. The number of carbonyl (C=O) groups is 1. The van der Waals surface area contributed by atoms with Crippen molar-refractivity contribution in [1.29, 1.82) is 5.26 Å². The molecule has 0 aliphatic rings. The number of aromatic nitrogens is 1. The van der Waals surface area contributed by atoms with Crippen molar-refractivity contribution in [2.45, 2.75) is 19.9 Å². The molecule has 0 radical (unpaired) electrons. The Kier molecular flexibility index (Phi) is 6.14. The Bertz CT molecular complexity index is 1360. The molecule has 32 heavy (non-hydrogen) atoms. The Labute approximate surface area is 186 Å². The predicted octanol–water partition coefficient (Wildman–Crippen LogP) is 5.94. The molecule has 0 aliphatic heterocycles. The van der Waals surface area contributed by atoms with Gasteiger partial charge >= 0.3 is 0 Å². The third-order valence-corrected chi connectivity index (χ3v) is 5.36. The summed E-state index contributed by atoms with van der Waals surface area (Å²) in [6.45, 7) is 2.57. The van der Waals surface area contributed by atoms with Gasteiger partial charge in [-0.3, -0.25) is 4.79 Å². The molecule has 1 heterocycles. The number of nitrogens with zero attached hydrogens (tertiary/aromatic N) is 2. The molecule has 0 fully saturated rings. The van der Waals surface area contributed by atoms with Gasteiger partial charge in [0.1, 0.15) is 17.5 Å². The molecule has 4 rings (SSSR count). The van der Waals surface area contributed by atoms with Gasteiger partial charge in [-0.2, -0.15) is 5.26 Å². The molecule has 3 aromatic carbocycles. The van der Waals surface area contributed by atoms with Crippen LogP contribution in [-0.4, -0.2) is 10.5 Å². The molecular formula is C27H22FN3O. The van der Waals surface area contributed by atoms with Gasteiger partial charge in [-0.05, 0) is 65.6 Å². The minimum Gasteiger partial charge on any atom is -0.343 e. The van der Waals surface area contributed by atoms with Gasteiger partial charge in [0.25, 0.3) is 5.91 Å². The smallest absolute Gasteiger partial charge is 0.266 e. The third kappa shape index (κ3) is 4.60. The van der Waals surface area contributed by atoms with Crippen LogP contribution in [0.2, 0.25) is 0 Å². The number of benzene rings is 3. The molecule has 1 aromatic heterocycles. The second-order valence-electron chi connectivity index (χ2n) is 7.53. The fourth-order valence-corrected chi connectivity index (χ4v) is 3.73. The number of aryl methyl sites for hydroxylation is 1. The highest BCUT2D eigenvalue weighted by Crippen LogP contribution is 2.22. The maximum Gasteiger partial charge on any atom is 0.266 e. The number of fused-ring (bicyclic) bond motifs is 1. The maximum atomic E-state index is 13.5. The Morgan fingerprint density at radius 1 is 1.09 bits per heavy atom. The van der Waals surface area contributed by atoms with E-state index in [9.17, 15) is 14.4 Å². The molecule has 1 N–H and O–H groups in total. The molecule has 0 saturated carbocycles. The van der Waals surface area contributed by atoms with E-state index in [0.717, 1.165) is 34.0 Å². The molecular weight excluding hydrogens is 401 g/mol. The number of nitrogens with one attached hydrogen (secondary N) is 1. The molecule has 5 heteroatoms. The summed E-state index contributed by atoms with van der Waals surface area (Å²) in [5.74, 6) is -0.688. The van der Waals surface area contributed by atoms with Crippen LogP contribution in [0.15, 0.2) is 84.6 Å². The minimum atomic E-state index is -0.433. The zero-order valence-electron chi connectivity index (χ0n) is 17.7. The van der Waals surface area contributed by atoms with E-state index in [4.69, 9.17) is 0 Å². The van der Waals surface area contributed by atoms with Gasteiger partial charge in [0.15, 0.2) is 0 Å². The number of amides is 1. The highest BCUT2D eigenvalue weighted by atomic mass is 19.1. The zero-order valence-corrected chi connectivity index (χ0v) is 17.7. The van der Waals surface area contributed by atoms with E-state index in [-0.39, 0.29) is 11.4 Å². The van der Waals surface area contributed by atoms with Gasteiger partial charge in [0, 0.05) is 29.3 Å². The topological polar surface area (TPSA) is 57.8 Å². The first-order valence-corrected chi connectivity index (χ1v) is 10.4. The van der Waals surface area contributed by atoms with Crippen LogP contribution in [0.4, 0.5) is 10.1 Å². The molecule has 4 aromatic rings. The van der Waals surface area contributed by atoms with Crippen LogP contribution in [0, 0.1) is 17.1 Å². The number of rotatable bonds is 6. The molecule has 0 bridgehead atoms. The second kappa shape index (κ2) is 9.32. The summed E-state index contributed by atoms with van der Waals surface area (Å²) < 4.78 is 15.5. The normalized spacial score (nSPS) is 11.3. The van der Waals surface area contributed by atoms with Gasteiger partial charge in [0.05, 0.1) is 0 Å². The average molecular weight is 423 g/mol. The maximum absolute atomic E-state index is 13.5. The Balaban J connectivity index is 1.57. The van der Waals surface area contributed by atoms with Crippen molar-refractivity contribution in [3.8, 4) is 6.07 Å². The Morgan fingerprint density at radius 2 is 1.94 bits per heavy atom. The summed E-state index contributed by atoms with van der Waals surface area (Å²) in [5, 5.41) is 13.4. The van der Waals surface area contributed by atoms with Crippen molar-refractivity contribution in [2.24, 2.45) is 0 Å². The first-order valence-electron chi connectivity index (χ1n) is 10.4. The van der Waals surface area contributed by atoms with Crippen LogP contribution >= 0.6 is 0 Å². The molecule has 0 atom stereocenters. The largest absolute Gasteiger partial charge is 0.343 e. The molecule has 0 aliphatic carbocycles. The van der Waals surface area contributed by atoms with Crippen molar-refractivity contribution in [3.63, 3.8) is 0 Å². The first kappa shape index (κ1) is 21.1. The molecule has 0 unspecified atom stereocenters. The van der Waals surface area contributed by atoms with E-state index in [2.05, 4.69) is 5.32 Å². The lowest BCUT2D eigenvalue weighted by molar-refractivity contribution is -0.112. The lowest BCUT2D eigenvalue weighted by Crippen LogP contribution is -2.14. The number of halogens is 1. The highest BCUT2D eigenvalue weighted by molar-refractivity contribution is 6.10. The van der Waals surface area contributed by atoms with Crippen molar-refractivity contribution < 1.29 is 9.18 Å². The van der Waals surface area contributed by atoms with Crippen molar-refractivity contribution in [1.82, 2.24) is 4.57 Å². The van der Waals surface area contributed by atoms with Gasteiger partial charge in [-0.15, -0.1) is 0 Å². The average Bonchev–Trinajstić information content (AvgIpc) is 3.19. The summed E-state index contributed by atoms with van der Waals surface area (Å²) in [7, 11) is 0. The summed E-state index contributed by atoms with van der Waals surface area (Å²) in [4.78, 5) is 12.7. The van der Waals surface area contributed by atoms with Crippen LogP contribution in [-0.2, 0) is 17.8 Å². The lowest BCUT2D eigenvalue weighted by atomic mass is 10.1. The lowest BCUT2D eigenvalue weighted by Gasteiger charge is -2.09. The van der Waals surface area contributed by atoms with E-state index in [1.54, 1.807) is 12.1 Å². The van der Waals surface area contributed by atoms with Crippen LogP contribution in [0.1, 0.15) is 23.6 Å². The molecule has 0 spiro atoms. The molecule has 1 amide bonds. The SMILES string of the molecule is CCc1ccccc1NC(=O)/C(C#N)=C/c1ccc2c(ccn2Cc2cccc(F)c2)c1. The Hall–Kier alpha value is -4.17. The Morgan fingerprint density at radius 3 is 2.72 bits per heavy atom. The number of anilines is 1. The van der Waals surface area contributed by atoms with Gasteiger partial charge < -0.3 is 9.88 Å². The standard InChI is InChI=1S/C27H22FN3O/c1-2-21-7-3-4-9-25(21)30-27(32)23(17-29)15-19-10-11-26-22(14-19)12-13-31(26)18-20-6-5-8-24(28)16-20/h3-16H,2,18H2,1H3,(H,30,32)/b23-15+. The number of carbonyl (C=O) groups excluding carboxylic acids is 1. The van der Waals surface area contributed by atoms with E-state index in [1.807, 2.05) is 78.4 Å². The van der Waals surface area contributed by atoms with Crippen LogP contribution in [0.5, 0.6) is 0 Å². The fraction of sp³-hybridized carbons (Fsp3) is 0.111. The third-order valence-electron chi connectivity index (χ3n) is 5.36. The van der Waals surface area contributed by atoms with Crippen molar-refractivity contribution in [3.05, 3.63) is 107 Å². The van der Waals surface area contributed by atoms with Crippen LogP contribution < -0.4 is 5.32 Å². The van der Waals surface area contributed by atoms with Crippen molar-refractivity contribution in [2.75, 3.05) is 5.32 Å². The zero-order chi connectivity index (χ0) is 22.5. The van der Waals surface area contributed by atoms with E-state index in [1.165, 1.54) is 12.1 Å². The minimum absolute atomic E-state index is 0.0365. The molecule has 4 nitrogen and oxygen atoms in total. The summed E-state index contributed by atoms with van der Waals surface area (Å²) in [5.41, 5.74) is 4.39. The van der Waals surface area contributed by atoms with E-state index >= 15 is 0 Å². The van der Waals surface area contributed by atoms with Crippen LogP contribution in [0.25, 0.3) is 17.0 Å². The number of hydrogen-bond donors (Lipinski definition) is 1. The summed E-state index contributed by atoms with van der Waals surface area (Å²) >= 11 is 0. The first-order chi connectivity index (χ1) is 15.6. The highest BCUT2D eigenvalue weighted by Gasteiger charge is 2.12. The second-order valence-corrected chi connectivity index (χ2v) is 7.53. The van der Waals surface area contributed by atoms with Gasteiger partial charge in [-0.1, -0.05) is 43.3 Å². The van der Waals surface area contributed by atoms with E-state index < -0.39 is 5.91 Å². The van der Waals surface area contributed by atoms with E-state index in [0.29, 0.717) is 12.2 Å². The summed E-state index contributed by atoms with van der Waals surface area (Å²) in [6.07, 6.45) is 4.32. The number of hydrogen-bond acceptors (Lipinski definition) is 2. The fourth-order valence-electron chi connectivity index (χ4n) is 3.73. The summed E-state index contributed by atoms with van der Waals surface area (Å²) in [6, 6.07) is 23.8. The van der Waals surface area contributed by atoms with Crippen LogP contribution in [0.3, 0.4) is 0 Å². The molecule has 0 saturated heterocycles. The molecule has 158 valence electrons. The quantitative estimate of drug-likeness (QED) is 0.308. The van der Waals surface area contributed by atoms with Gasteiger partial charge in [0.2, 0.25) is 0 Å². The van der Waals surface area contributed by atoms with Crippen molar-refractivity contribution >= 4 is 28.6 Å². The number of para-hydroxylation sites is 1.